The van der Waals surface area contributed by atoms with E-state index in [9.17, 15) is 0 Å². The second kappa shape index (κ2) is 2.99. The first kappa shape index (κ1) is 6.78. The smallest absolute Gasteiger partial charge is 0.0994 e. The minimum Gasteiger partial charge on any atom is -0.365 e. The zero-order chi connectivity index (χ0) is 6.69. The molecule has 1 aliphatic rings. The van der Waals surface area contributed by atoms with Gasteiger partial charge in [-0.05, 0) is 6.92 Å². The lowest BCUT2D eigenvalue weighted by molar-refractivity contribution is 0.146. The first-order valence-corrected chi connectivity index (χ1v) is 3.23. The van der Waals surface area contributed by atoms with Crippen molar-refractivity contribution in [1.82, 2.24) is 4.90 Å². The highest BCUT2D eigenvalue weighted by Crippen LogP contribution is 2.01. The molecule has 0 radical (unpaired) electrons. The predicted octanol–water partition coefficient (Wildman–Crippen LogP) is 0.852. The molecular formula is C7H13NO. The van der Waals surface area contributed by atoms with Crippen LogP contribution in [-0.2, 0) is 4.74 Å². The van der Waals surface area contributed by atoms with Gasteiger partial charge in [-0.25, -0.2) is 0 Å². The minimum absolute atomic E-state index is 0.785. The van der Waals surface area contributed by atoms with Gasteiger partial charge in [-0.2, -0.15) is 0 Å². The van der Waals surface area contributed by atoms with Gasteiger partial charge in [0.25, 0.3) is 0 Å². The van der Waals surface area contributed by atoms with Gasteiger partial charge in [0.15, 0.2) is 0 Å². The van der Waals surface area contributed by atoms with Crippen molar-refractivity contribution in [2.75, 3.05) is 26.4 Å². The molecule has 52 valence electrons. The van der Waals surface area contributed by atoms with Crippen molar-refractivity contribution in [2.24, 2.45) is 0 Å². The Hall–Kier alpha value is -0.340. The summed E-state index contributed by atoms with van der Waals surface area (Å²) in [6.07, 6.45) is 0. The van der Waals surface area contributed by atoms with Gasteiger partial charge >= 0.3 is 0 Å². The maximum Gasteiger partial charge on any atom is 0.0994 e. The highest BCUT2D eigenvalue weighted by Gasteiger charge is 2.10. The van der Waals surface area contributed by atoms with Crippen molar-refractivity contribution in [1.29, 1.82) is 0 Å². The van der Waals surface area contributed by atoms with Crippen LogP contribution in [0.5, 0.6) is 0 Å². The summed E-state index contributed by atoms with van der Waals surface area (Å²) >= 11 is 0. The molecule has 0 N–H and O–H groups in total. The van der Waals surface area contributed by atoms with E-state index in [4.69, 9.17) is 4.74 Å². The van der Waals surface area contributed by atoms with E-state index in [2.05, 4.69) is 11.5 Å². The molecule has 0 aromatic rings. The normalized spacial score (nSPS) is 20.6. The van der Waals surface area contributed by atoms with Crippen LogP contribution >= 0.6 is 0 Å². The minimum atomic E-state index is 0.785. The quantitative estimate of drug-likeness (QED) is 0.510. The molecule has 0 amide bonds. The molecule has 2 nitrogen and oxygen atoms in total. The van der Waals surface area contributed by atoms with Crippen LogP contribution in [0, 0.1) is 0 Å². The van der Waals surface area contributed by atoms with E-state index in [1.54, 1.807) is 0 Å². The first-order chi connectivity index (χ1) is 4.29. The zero-order valence-corrected chi connectivity index (χ0v) is 5.89. The van der Waals surface area contributed by atoms with Gasteiger partial charge in [-0.3, -0.25) is 4.90 Å². The second-order valence-electron chi connectivity index (χ2n) is 2.55. The molecule has 1 rings (SSSR count). The molecule has 0 aromatic carbocycles. The lowest BCUT2D eigenvalue weighted by Crippen LogP contribution is -2.21. The molecule has 9 heavy (non-hydrogen) atoms. The van der Waals surface area contributed by atoms with Crippen molar-refractivity contribution in [2.45, 2.75) is 6.92 Å². The molecule has 0 saturated carbocycles. The van der Waals surface area contributed by atoms with Gasteiger partial charge in [0.2, 0.25) is 0 Å². The SMILES string of the molecule is C=C(C)CN1CCOC1. The largest absolute Gasteiger partial charge is 0.365 e. The van der Waals surface area contributed by atoms with Gasteiger partial charge in [0.1, 0.15) is 0 Å². The third kappa shape index (κ3) is 2.16. The second-order valence-corrected chi connectivity index (χ2v) is 2.55. The van der Waals surface area contributed by atoms with Gasteiger partial charge in [-0.1, -0.05) is 12.2 Å². The maximum absolute atomic E-state index is 5.14. The number of ether oxygens (including phenoxy) is 1. The van der Waals surface area contributed by atoms with E-state index in [1.165, 1.54) is 5.57 Å². The molecular weight excluding hydrogens is 114 g/mol. The van der Waals surface area contributed by atoms with E-state index in [0.717, 1.165) is 26.4 Å². The standard InChI is InChI=1S/C7H13NO/c1-7(2)5-8-3-4-9-6-8/h1,3-6H2,2H3. The fourth-order valence-electron chi connectivity index (χ4n) is 0.958. The first-order valence-electron chi connectivity index (χ1n) is 3.23. The molecule has 1 saturated heterocycles. The van der Waals surface area contributed by atoms with E-state index >= 15 is 0 Å². The Morgan fingerprint density at radius 3 is 3.00 bits per heavy atom. The summed E-state index contributed by atoms with van der Waals surface area (Å²) in [6, 6.07) is 0. The monoisotopic (exact) mass is 127 g/mol. The van der Waals surface area contributed by atoms with Gasteiger partial charge in [-0.15, -0.1) is 0 Å². The zero-order valence-electron chi connectivity index (χ0n) is 5.89. The molecule has 0 unspecified atom stereocenters. The highest BCUT2D eigenvalue weighted by atomic mass is 16.5. The predicted molar refractivity (Wildman–Crippen MR) is 37.2 cm³/mol. The van der Waals surface area contributed by atoms with Crippen LogP contribution in [-0.4, -0.2) is 31.3 Å². The van der Waals surface area contributed by atoms with Crippen molar-refractivity contribution >= 4 is 0 Å². The van der Waals surface area contributed by atoms with Crippen LogP contribution in [0.25, 0.3) is 0 Å². The van der Waals surface area contributed by atoms with E-state index < -0.39 is 0 Å². The fraction of sp³-hybridized carbons (Fsp3) is 0.714. The van der Waals surface area contributed by atoms with Crippen LogP contribution in [0.4, 0.5) is 0 Å². The summed E-state index contributed by atoms with van der Waals surface area (Å²) in [6.45, 7) is 9.58. The van der Waals surface area contributed by atoms with Crippen molar-refractivity contribution < 1.29 is 4.74 Å². The summed E-state index contributed by atoms with van der Waals surface area (Å²) < 4.78 is 5.14. The van der Waals surface area contributed by atoms with Gasteiger partial charge in [0, 0.05) is 13.1 Å². The summed E-state index contributed by atoms with van der Waals surface area (Å²) in [5, 5.41) is 0. The maximum atomic E-state index is 5.14. The Morgan fingerprint density at radius 1 is 1.78 bits per heavy atom. The van der Waals surface area contributed by atoms with Crippen LogP contribution in [0.2, 0.25) is 0 Å². The van der Waals surface area contributed by atoms with Crippen LogP contribution in [0.3, 0.4) is 0 Å². The van der Waals surface area contributed by atoms with Gasteiger partial charge < -0.3 is 4.74 Å². The van der Waals surface area contributed by atoms with Crippen LogP contribution in [0.15, 0.2) is 12.2 Å². The number of hydrogen-bond donors (Lipinski definition) is 0. The molecule has 0 spiro atoms. The fourth-order valence-corrected chi connectivity index (χ4v) is 0.958. The average molecular weight is 127 g/mol. The number of nitrogens with zero attached hydrogens (tertiary/aromatic N) is 1. The molecule has 0 atom stereocenters. The Kier molecular flexibility index (Phi) is 2.25. The molecule has 2 heteroatoms. The Morgan fingerprint density at radius 2 is 2.56 bits per heavy atom. The Balaban J connectivity index is 2.19. The molecule has 1 fully saturated rings. The highest BCUT2D eigenvalue weighted by molar-refractivity contribution is 4.91. The molecule has 0 aromatic heterocycles. The van der Waals surface area contributed by atoms with E-state index in [1.807, 2.05) is 6.92 Å². The van der Waals surface area contributed by atoms with E-state index in [0.29, 0.717) is 0 Å². The topological polar surface area (TPSA) is 12.5 Å². The third-order valence-electron chi connectivity index (χ3n) is 1.32. The number of hydrogen-bond acceptors (Lipinski definition) is 2. The summed E-state index contributed by atoms with van der Waals surface area (Å²) in [7, 11) is 0. The molecule has 1 heterocycles. The van der Waals surface area contributed by atoms with Crippen LogP contribution in [0.1, 0.15) is 6.92 Å². The Labute approximate surface area is 56.1 Å². The summed E-state index contributed by atoms with van der Waals surface area (Å²) in [4.78, 5) is 2.24. The van der Waals surface area contributed by atoms with Crippen molar-refractivity contribution in [3.05, 3.63) is 12.2 Å². The third-order valence-corrected chi connectivity index (χ3v) is 1.32. The number of rotatable bonds is 2. The summed E-state index contributed by atoms with van der Waals surface area (Å²) in [5.41, 5.74) is 1.21. The average Bonchev–Trinajstić information content (AvgIpc) is 2.15. The van der Waals surface area contributed by atoms with Gasteiger partial charge in [0.05, 0.1) is 13.3 Å². The van der Waals surface area contributed by atoms with Crippen molar-refractivity contribution in [3.63, 3.8) is 0 Å². The van der Waals surface area contributed by atoms with Crippen molar-refractivity contribution in [3.8, 4) is 0 Å². The summed E-state index contributed by atoms with van der Waals surface area (Å²) in [5.74, 6) is 0. The molecule has 1 aliphatic heterocycles. The van der Waals surface area contributed by atoms with E-state index in [-0.39, 0.29) is 0 Å². The Bertz CT molecular complexity index is 105. The molecule has 0 aliphatic carbocycles. The lowest BCUT2D eigenvalue weighted by Gasteiger charge is -2.11. The molecule has 0 bridgehead atoms. The van der Waals surface area contributed by atoms with Crippen LogP contribution < -0.4 is 0 Å². The lowest BCUT2D eigenvalue weighted by atomic mass is 10.3.